The van der Waals surface area contributed by atoms with E-state index in [4.69, 9.17) is 10.5 Å². The van der Waals surface area contributed by atoms with Gasteiger partial charge in [0.2, 0.25) is 5.88 Å². The summed E-state index contributed by atoms with van der Waals surface area (Å²) in [4.78, 5) is 0. The SMILES string of the molecule is CCCC1CC1(N)c1ccc(OC)nn1. The molecule has 0 spiro atoms. The van der Waals surface area contributed by atoms with Crippen LogP contribution in [-0.2, 0) is 5.54 Å². The van der Waals surface area contributed by atoms with Crippen LogP contribution in [0.5, 0.6) is 5.88 Å². The van der Waals surface area contributed by atoms with Gasteiger partial charge in [-0.3, -0.25) is 0 Å². The Morgan fingerprint density at radius 2 is 2.33 bits per heavy atom. The zero-order chi connectivity index (χ0) is 10.9. The van der Waals surface area contributed by atoms with Crippen molar-refractivity contribution in [2.75, 3.05) is 7.11 Å². The van der Waals surface area contributed by atoms with Crippen molar-refractivity contribution in [1.82, 2.24) is 10.2 Å². The Labute approximate surface area is 89.8 Å². The van der Waals surface area contributed by atoms with Crippen LogP contribution in [0, 0.1) is 5.92 Å². The normalized spacial score (nSPS) is 28.9. The van der Waals surface area contributed by atoms with Crippen LogP contribution in [0.2, 0.25) is 0 Å². The molecule has 2 rings (SSSR count). The molecule has 1 aromatic heterocycles. The molecule has 1 aliphatic carbocycles. The first-order chi connectivity index (χ1) is 7.20. The van der Waals surface area contributed by atoms with Crippen LogP contribution in [0.3, 0.4) is 0 Å². The van der Waals surface area contributed by atoms with Gasteiger partial charge in [-0.15, -0.1) is 10.2 Å². The van der Waals surface area contributed by atoms with Crippen LogP contribution in [0.25, 0.3) is 0 Å². The highest BCUT2D eigenvalue weighted by Gasteiger charge is 2.52. The van der Waals surface area contributed by atoms with Gasteiger partial charge in [0.1, 0.15) is 0 Å². The summed E-state index contributed by atoms with van der Waals surface area (Å²) in [6.45, 7) is 2.18. The summed E-state index contributed by atoms with van der Waals surface area (Å²) < 4.78 is 4.96. The first-order valence-corrected chi connectivity index (χ1v) is 5.37. The monoisotopic (exact) mass is 207 g/mol. The summed E-state index contributed by atoms with van der Waals surface area (Å²) in [7, 11) is 1.58. The summed E-state index contributed by atoms with van der Waals surface area (Å²) in [6, 6.07) is 3.74. The van der Waals surface area contributed by atoms with Gasteiger partial charge in [-0.1, -0.05) is 13.3 Å². The molecule has 4 heteroatoms. The van der Waals surface area contributed by atoms with E-state index in [1.165, 1.54) is 12.8 Å². The van der Waals surface area contributed by atoms with E-state index in [0.717, 1.165) is 12.1 Å². The third-order valence-corrected chi connectivity index (χ3v) is 3.12. The zero-order valence-corrected chi connectivity index (χ0v) is 9.23. The molecule has 4 nitrogen and oxygen atoms in total. The number of nitrogens with two attached hydrogens (primary N) is 1. The smallest absolute Gasteiger partial charge is 0.233 e. The third kappa shape index (κ3) is 1.81. The average Bonchev–Trinajstić information content (AvgIpc) is 2.92. The number of aromatic nitrogens is 2. The highest BCUT2D eigenvalue weighted by molar-refractivity contribution is 5.26. The largest absolute Gasteiger partial charge is 0.480 e. The van der Waals surface area contributed by atoms with Crippen molar-refractivity contribution in [3.8, 4) is 5.88 Å². The summed E-state index contributed by atoms with van der Waals surface area (Å²) in [6.07, 6.45) is 3.37. The van der Waals surface area contributed by atoms with Crippen molar-refractivity contribution in [1.29, 1.82) is 0 Å². The van der Waals surface area contributed by atoms with Gasteiger partial charge in [0.25, 0.3) is 0 Å². The van der Waals surface area contributed by atoms with E-state index in [9.17, 15) is 0 Å². The van der Waals surface area contributed by atoms with Crippen molar-refractivity contribution >= 4 is 0 Å². The van der Waals surface area contributed by atoms with Gasteiger partial charge < -0.3 is 10.5 Å². The fraction of sp³-hybridized carbons (Fsp3) is 0.636. The maximum atomic E-state index is 6.25. The Morgan fingerprint density at radius 1 is 1.53 bits per heavy atom. The Balaban J connectivity index is 2.10. The van der Waals surface area contributed by atoms with Crippen LogP contribution in [0.15, 0.2) is 12.1 Å². The molecule has 82 valence electrons. The molecule has 0 amide bonds. The van der Waals surface area contributed by atoms with Gasteiger partial charge in [0.15, 0.2) is 0 Å². The van der Waals surface area contributed by atoms with Gasteiger partial charge in [-0.2, -0.15) is 0 Å². The number of rotatable bonds is 4. The fourth-order valence-electron chi connectivity index (χ4n) is 2.05. The van der Waals surface area contributed by atoms with Crippen molar-refractivity contribution in [3.05, 3.63) is 17.8 Å². The number of nitrogens with zero attached hydrogens (tertiary/aromatic N) is 2. The van der Waals surface area contributed by atoms with Crippen LogP contribution in [-0.4, -0.2) is 17.3 Å². The van der Waals surface area contributed by atoms with Crippen molar-refractivity contribution in [2.24, 2.45) is 11.7 Å². The van der Waals surface area contributed by atoms with E-state index in [0.29, 0.717) is 11.8 Å². The molecule has 0 aromatic carbocycles. The van der Waals surface area contributed by atoms with E-state index >= 15 is 0 Å². The molecule has 2 unspecified atom stereocenters. The minimum atomic E-state index is -0.227. The van der Waals surface area contributed by atoms with Gasteiger partial charge in [-0.05, 0) is 24.8 Å². The second kappa shape index (κ2) is 3.77. The van der Waals surface area contributed by atoms with E-state index in [1.54, 1.807) is 7.11 Å². The maximum absolute atomic E-state index is 6.25. The van der Waals surface area contributed by atoms with Crippen LogP contribution in [0.4, 0.5) is 0 Å². The second-order valence-corrected chi connectivity index (χ2v) is 4.19. The van der Waals surface area contributed by atoms with Gasteiger partial charge in [-0.25, -0.2) is 0 Å². The van der Waals surface area contributed by atoms with Crippen LogP contribution in [0.1, 0.15) is 31.9 Å². The van der Waals surface area contributed by atoms with Gasteiger partial charge in [0, 0.05) is 6.07 Å². The molecule has 2 N–H and O–H groups in total. The lowest BCUT2D eigenvalue weighted by Crippen LogP contribution is -2.24. The summed E-state index contributed by atoms with van der Waals surface area (Å²) >= 11 is 0. The quantitative estimate of drug-likeness (QED) is 0.812. The molecule has 15 heavy (non-hydrogen) atoms. The van der Waals surface area contributed by atoms with Gasteiger partial charge in [0.05, 0.1) is 18.3 Å². The Bertz CT molecular complexity index is 338. The summed E-state index contributed by atoms with van der Waals surface area (Å²) in [5, 5.41) is 8.06. The third-order valence-electron chi connectivity index (χ3n) is 3.12. The molecule has 0 saturated heterocycles. The predicted octanol–water partition coefficient (Wildman–Crippen LogP) is 1.46. The molecule has 1 heterocycles. The van der Waals surface area contributed by atoms with E-state index < -0.39 is 0 Å². The molecule has 1 aromatic rings. The average molecular weight is 207 g/mol. The lowest BCUT2D eigenvalue weighted by atomic mass is 10.1. The molecular formula is C11H17N3O. The molecule has 1 fully saturated rings. The number of ether oxygens (including phenoxy) is 1. The standard InChI is InChI=1S/C11H17N3O/c1-3-4-8-7-11(8,12)9-5-6-10(15-2)14-13-9/h5-6,8H,3-4,7,12H2,1-2H3. The van der Waals surface area contributed by atoms with E-state index in [2.05, 4.69) is 17.1 Å². The molecule has 1 aliphatic rings. The lowest BCUT2D eigenvalue weighted by molar-refractivity contribution is 0.389. The van der Waals surface area contributed by atoms with E-state index in [-0.39, 0.29) is 5.54 Å². The van der Waals surface area contributed by atoms with Crippen molar-refractivity contribution in [3.63, 3.8) is 0 Å². The maximum Gasteiger partial charge on any atom is 0.233 e. The molecule has 0 radical (unpaired) electrons. The zero-order valence-electron chi connectivity index (χ0n) is 9.23. The van der Waals surface area contributed by atoms with Crippen molar-refractivity contribution in [2.45, 2.75) is 31.7 Å². The Hall–Kier alpha value is -1.16. The lowest BCUT2D eigenvalue weighted by Gasteiger charge is -2.09. The molecule has 1 saturated carbocycles. The first-order valence-electron chi connectivity index (χ1n) is 5.37. The first kappa shape index (κ1) is 10.4. The Kier molecular flexibility index (Phi) is 2.61. The van der Waals surface area contributed by atoms with Crippen LogP contribution < -0.4 is 10.5 Å². The molecular weight excluding hydrogens is 190 g/mol. The van der Waals surface area contributed by atoms with E-state index in [1.807, 2.05) is 12.1 Å². The predicted molar refractivity (Wildman–Crippen MR) is 57.5 cm³/mol. The van der Waals surface area contributed by atoms with Crippen LogP contribution >= 0.6 is 0 Å². The van der Waals surface area contributed by atoms with Crippen molar-refractivity contribution < 1.29 is 4.74 Å². The number of methoxy groups -OCH3 is 1. The topological polar surface area (TPSA) is 61.0 Å². The van der Waals surface area contributed by atoms with Gasteiger partial charge >= 0.3 is 0 Å². The summed E-state index contributed by atoms with van der Waals surface area (Å²) in [5.74, 6) is 1.11. The number of hydrogen-bond donors (Lipinski definition) is 1. The fourth-order valence-corrected chi connectivity index (χ4v) is 2.05. The molecule has 0 bridgehead atoms. The molecule has 0 aliphatic heterocycles. The summed E-state index contributed by atoms with van der Waals surface area (Å²) in [5.41, 5.74) is 6.91. The second-order valence-electron chi connectivity index (χ2n) is 4.19. The highest BCUT2D eigenvalue weighted by Crippen LogP contribution is 2.51. The Morgan fingerprint density at radius 3 is 2.87 bits per heavy atom. The molecule has 2 atom stereocenters. The minimum absolute atomic E-state index is 0.227. The minimum Gasteiger partial charge on any atom is -0.480 e. The number of hydrogen-bond acceptors (Lipinski definition) is 4. The highest BCUT2D eigenvalue weighted by atomic mass is 16.5.